The second kappa shape index (κ2) is 8.55. The van der Waals surface area contributed by atoms with Gasteiger partial charge in [-0.1, -0.05) is 32.0 Å². The molecule has 0 spiro atoms. The average molecular weight is 342 g/mol. The van der Waals surface area contributed by atoms with Gasteiger partial charge < -0.3 is 10.6 Å². The van der Waals surface area contributed by atoms with Gasteiger partial charge in [-0.2, -0.15) is 0 Å². The summed E-state index contributed by atoms with van der Waals surface area (Å²) in [6.45, 7) is 4.12. The third kappa shape index (κ3) is 5.13. The lowest BCUT2D eigenvalue weighted by atomic mass is 10.1. The first-order valence-electron chi connectivity index (χ1n) is 7.81. The molecule has 0 aliphatic carbocycles. The molecule has 24 heavy (non-hydrogen) atoms. The molecular formula is C19H22N2O2S. The highest BCUT2D eigenvalue weighted by Gasteiger charge is 2.10. The highest BCUT2D eigenvalue weighted by molar-refractivity contribution is 7.98. The SMILES string of the molecule is CSc1cccc(CNC(=O)c2cccc(NC(=O)C(C)C)c2)c1. The van der Waals surface area contributed by atoms with Crippen LogP contribution < -0.4 is 10.6 Å². The number of benzene rings is 2. The van der Waals surface area contributed by atoms with Crippen LogP contribution in [0.15, 0.2) is 53.4 Å². The van der Waals surface area contributed by atoms with Crippen molar-refractivity contribution in [2.24, 2.45) is 5.92 Å². The summed E-state index contributed by atoms with van der Waals surface area (Å²) >= 11 is 1.67. The summed E-state index contributed by atoms with van der Waals surface area (Å²) in [5, 5.41) is 5.71. The number of hydrogen-bond donors (Lipinski definition) is 2. The predicted octanol–water partition coefficient (Wildman–Crippen LogP) is 3.93. The van der Waals surface area contributed by atoms with E-state index < -0.39 is 0 Å². The van der Waals surface area contributed by atoms with E-state index in [0.29, 0.717) is 17.8 Å². The molecule has 2 amide bonds. The summed E-state index contributed by atoms with van der Waals surface area (Å²) in [5.74, 6) is -0.335. The largest absolute Gasteiger partial charge is 0.348 e. The van der Waals surface area contributed by atoms with E-state index in [-0.39, 0.29) is 17.7 Å². The summed E-state index contributed by atoms with van der Waals surface area (Å²) in [5.41, 5.74) is 2.21. The van der Waals surface area contributed by atoms with Crippen LogP contribution in [0, 0.1) is 5.92 Å². The van der Waals surface area contributed by atoms with Crippen LogP contribution in [0.25, 0.3) is 0 Å². The first-order chi connectivity index (χ1) is 11.5. The third-order valence-electron chi connectivity index (χ3n) is 3.50. The Hall–Kier alpha value is -2.27. The number of nitrogens with one attached hydrogen (secondary N) is 2. The summed E-state index contributed by atoms with van der Waals surface area (Å²) in [6.07, 6.45) is 2.02. The molecule has 0 unspecified atom stereocenters. The fraction of sp³-hybridized carbons (Fsp3) is 0.263. The molecule has 2 aromatic carbocycles. The maximum atomic E-state index is 12.3. The van der Waals surface area contributed by atoms with E-state index in [1.165, 1.54) is 4.90 Å². The van der Waals surface area contributed by atoms with Gasteiger partial charge in [0.2, 0.25) is 5.91 Å². The fourth-order valence-electron chi connectivity index (χ4n) is 2.09. The Morgan fingerprint density at radius 2 is 1.83 bits per heavy atom. The van der Waals surface area contributed by atoms with Crippen LogP contribution in [0.2, 0.25) is 0 Å². The van der Waals surface area contributed by atoms with Crippen LogP contribution in [0.4, 0.5) is 5.69 Å². The first kappa shape index (κ1) is 18.1. The number of hydrogen-bond acceptors (Lipinski definition) is 3. The molecule has 0 bridgehead atoms. The van der Waals surface area contributed by atoms with Gasteiger partial charge in [-0.15, -0.1) is 11.8 Å². The minimum atomic E-state index is -0.162. The number of anilines is 1. The predicted molar refractivity (Wildman–Crippen MR) is 99.3 cm³/mol. The number of carbonyl (C=O) groups excluding carboxylic acids is 2. The maximum absolute atomic E-state index is 12.3. The van der Waals surface area contributed by atoms with Crippen molar-refractivity contribution < 1.29 is 9.59 Å². The molecule has 0 fully saturated rings. The van der Waals surface area contributed by atoms with E-state index in [1.54, 1.807) is 36.0 Å². The van der Waals surface area contributed by atoms with Crippen LogP contribution in [0.3, 0.4) is 0 Å². The Morgan fingerprint density at radius 3 is 2.54 bits per heavy atom. The van der Waals surface area contributed by atoms with Crippen molar-refractivity contribution in [3.8, 4) is 0 Å². The van der Waals surface area contributed by atoms with E-state index in [1.807, 2.05) is 38.3 Å². The third-order valence-corrected chi connectivity index (χ3v) is 4.23. The second-order valence-corrected chi connectivity index (χ2v) is 6.64. The van der Waals surface area contributed by atoms with Gasteiger partial charge >= 0.3 is 0 Å². The first-order valence-corrected chi connectivity index (χ1v) is 9.04. The fourth-order valence-corrected chi connectivity index (χ4v) is 2.58. The molecule has 0 aliphatic rings. The Kier molecular flexibility index (Phi) is 6.44. The quantitative estimate of drug-likeness (QED) is 0.782. The topological polar surface area (TPSA) is 58.2 Å². The molecule has 0 atom stereocenters. The lowest BCUT2D eigenvalue weighted by molar-refractivity contribution is -0.118. The van der Waals surface area contributed by atoms with Crippen molar-refractivity contribution in [2.45, 2.75) is 25.3 Å². The number of carbonyl (C=O) groups is 2. The van der Waals surface area contributed by atoms with Crippen molar-refractivity contribution in [1.82, 2.24) is 5.32 Å². The molecule has 2 rings (SSSR count). The summed E-state index contributed by atoms with van der Waals surface area (Å²) < 4.78 is 0. The van der Waals surface area contributed by atoms with E-state index in [2.05, 4.69) is 16.7 Å². The van der Waals surface area contributed by atoms with Crippen LogP contribution in [-0.2, 0) is 11.3 Å². The van der Waals surface area contributed by atoms with Gasteiger partial charge in [0.05, 0.1) is 0 Å². The molecule has 0 radical (unpaired) electrons. The average Bonchev–Trinajstić information content (AvgIpc) is 2.60. The maximum Gasteiger partial charge on any atom is 0.251 e. The highest BCUT2D eigenvalue weighted by atomic mass is 32.2. The summed E-state index contributed by atoms with van der Waals surface area (Å²) in [6, 6.07) is 15.0. The lowest BCUT2D eigenvalue weighted by Crippen LogP contribution is -2.23. The van der Waals surface area contributed by atoms with Gasteiger partial charge in [0.1, 0.15) is 0 Å². The van der Waals surface area contributed by atoms with Crippen molar-refractivity contribution in [2.75, 3.05) is 11.6 Å². The van der Waals surface area contributed by atoms with Crippen LogP contribution >= 0.6 is 11.8 Å². The number of rotatable bonds is 6. The van der Waals surface area contributed by atoms with E-state index in [0.717, 1.165) is 5.56 Å². The zero-order valence-electron chi connectivity index (χ0n) is 14.1. The van der Waals surface area contributed by atoms with E-state index in [4.69, 9.17) is 0 Å². The Bertz CT molecular complexity index is 729. The van der Waals surface area contributed by atoms with Gasteiger partial charge in [-0.3, -0.25) is 9.59 Å². The molecule has 0 aliphatic heterocycles. The molecule has 0 aromatic heterocycles. The molecule has 2 aromatic rings. The van der Waals surface area contributed by atoms with Crippen molar-refractivity contribution in [1.29, 1.82) is 0 Å². The molecule has 4 nitrogen and oxygen atoms in total. The number of amides is 2. The van der Waals surface area contributed by atoms with Crippen molar-refractivity contribution >= 4 is 29.3 Å². The number of thioether (sulfide) groups is 1. The molecular weight excluding hydrogens is 320 g/mol. The molecule has 126 valence electrons. The minimum Gasteiger partial charge on any atom is -0.348 e. The van der Waals surface area contributed by atoms with Gasteiger partial charge in [0.15, 0.2) is 0 Å². The smallest absolute Gasteiger partial charge is 0.251 e. The monoisotopic (exact) mass is 342 g/mol. The molecule has 2 N–H and O–H groups in total. The summed E-state index contributed by atoms with van der Waals surface area (Å²) in [7, 11) is 0. The van der Waals surface area contributed by atoms with Gasteiger partial charge in [-0.25, -0.2) is 0 Å². The minimum absolute atomic E-state index is 0.0681. The molecule has 0 heterocycles. The van der Waals surface area contributed by atoms with Crippen LogP contribution in [0.5, 0.6) is 0 Å². The standard InChI is InChI=1S/C19H22N2O2S/c1-13(2)18(22)21-16-8-5-7-15(11-16)19(23)20-12-14-6-4-9-17(10-14)24-3/h4-11,13H,12H2,1-3H3,(H,20,23)(H,21,22). The van der Waals surface area contributed by atoms with Gasteiger partial charge in [0, 0.05) is 28.6 Å². The van der Waals surface area contributed by atoms with Crippen LogP contribution in [0.1, 0.15) is 29.8 Å². The zero-order chi connectivity index (χ0) is 17.5. The Morgan fingerprint density at radius 1 is 1.08 bits per heavy atom. The van der Waals surface area contributed by atoms with Crippen LogP contribution in [-0.4, -0.2) is 18.1 Å². The van der Waals surface area contributed by atoms with Gasteiger partial charge in [0.25, 0.3) is 5.91 Å². The molecule has 5 heteroatoms. The normalized spacial score (nSPS) is 10.5. The Balaban J connectivity index is 2.00. The molecule has 0 saturated carbocycles. The molecule has 0 saturated heterocycles. The zero-order valence-corrected chi connectivity index (χ0v) is 14.9. The van der Waals surface area contributed by atoms with Crippen molar-refractivity contribution in [3.05, 3.63) is 59.7 Å². The van der Waals surface area contributed by atoms with Gasteiger partial charge in [-0.05, 0) is 42.2 Å². The van der Waals surface area contributed by atoms with E-state index in [9.17, 15) is 9.59 Å². The van der Waals surface area contributed by atoms with Crippen molar-refractivity contribution in [3.63, 3.8) is 0 Å². The lowest BCUT2D eigenvalue weighted by Gasteiger charge is -2.10. The highest BCUT2D eigenvalue weighted by Crippen LogP contribution is 2.16. The second-order valence-electron chi connectivity index (χ2n) is 5.76. The van der Waals surface area contributed by atoms with E-state index >= 15 is 0 Å². The summed E-state index contributed by atoms with van der Waals surface area (Å²) in [4.78, 5) is 25.2. The Labute approximate surface area is 147 Å².